The third-order valence-electron chi connectivity index (χ3n) is 2.07. The number of carbonyl (C=O) groups is 1. The first-order chi connectivity index (χ1) is 8.38. The summed E-state index contributed by atoms with van der Waals surface area (Å²) in [6.07, 6.45) is -3.26. The minimum absolute atomic E-state index is 0.280. The Hall–Kier alpha value is -2.29. The summed E-state index contributed by atoms with van der Waals surface area (Å²) >= 11 is 0. The molecule has 0 atom stereocenters. The molecular weight excluding hydrogens is 247 g/mol. The van der Waals surface area contributed by atoms with E-state index in [2.05, 4.69) is 4.74 Å². The fourth-order valence-corrected chi connectivity index (χ4v) is 1.18. The molecule has 0 aliphatic carbocycles. The highest BCUT2D eigenvalue weighted by Crippen LogP contribution is 2.29. The van der Waals surface area contributed by atoms with E-state index in [9.17, 15) is 18.0 Å². The molecule has 1 aromatic rings. The summed E-state index contributed by atoms with van der Waals surface area (Å²) in [5.74, 6) is -0.836. The largest absolute Gasteiger partial charge is 0.465 e. The Bertz CT molecular complexity index is 510. The lowest BCUT2D eigenvalue weighted by molar-refractivity contribution is -0.137. The number of alkyl halides is 3. The molecule has 0 aromatic heterocycles. The minimum Gasteiger partial charge on any atom is -0.465 e. The van der Waals surface area contributed by atoms with Gasteiger partial charge >= 0.3 is 12.1 Å². The highest BCUT2D eigenvalue weighted by molar-refractivity contribution is 5.97. The minimum atomic E-state index is -4.41. The lowest BCUT2D eigenvalue weighted by atomic mass is 10.1. The summed E-state index contributed by atoms with van der Waals surface area (Å²) in [4.78, 5) is 11.1. The maximum Gasteiger partial charge on any atom is 0.416 e. The van der Waals surface area contributed by atoms with Crippen LogP contribution in [0.4, 0.5) is 13.2 Å². The van der Waals surface area contributed by atoms with Crippen molar-refractivity contribution in [3.63, 3.8) is 0 Å². The van der Waals surface area contributed by atoms with Crippen LogP contribution in [0.3, 0.4) is 0 Å². The highest BCUT2D eigenvalue weighted by Gasteiger charge is 2.29. The van der Waals surface area contributed by atoms with Crippen LogP contribution in [0.15, 0.2) is 29.8 Å². The number of ether oxygens (including phenoxy) is 1. The summed E-state index contributed by atoms with van der Waals surface area (Å²) in [5.41, 5.74) is -0.765. The number of hydrogen-bond donors (Lipinski definition) is 0. The van der Waals surface area contributed by atoms with Gasteiger partial charge in [0.05, 0.1) is 12.7 Å². The summed E-state index contributed by atoms with van der Waals surface area (Å²) in [6.45, 7) is 0. The molecule has 0 fully saturated rings. The van der Waals surface area contributed by atoms with Crippen LogP contribution in [0.1, 0.15) is 11.1 Å². The quantitative estimate of drug-likeness (QED) is 0.464. The van der Waals surface area contributed by atoms with Gasteiger partial charge in [-0.3, -0.25) is 0 Å². The molecule has 0 aliphatic heterocycles. The Labute approximate surface area is 101 Å². The number of rotatable bonds is 2. The Kier molecular flexibility index (Phi) is 4.10. The lowest BCUT2D eigenvalue weighted by Gasteiger charge is -2.06. The molecule has 0 radical (unpaired) electrons. The van der Waals surface area contributed by atoms with Crippen molar-refractivity contribution in [2.75, 3.05) is 7.11 Å². The first-order valence-electron chi connectivity index (χ1n) is 4.76. The normalized spacial score (nSPS) is 11.8. The SMILES string of the molecule is COC(=O)/C(C#N)=C\c1ccc(C(F)(F)F)cc1. The highest BCUT2D eigenvalue weighted by atomic mass is 19.4. The predicted octanol–water partition coefficient (Wildman–Crippen LogP) is 2.79. The molecule has 0 unspecified atom stereocenters. The van der Waals surface area contributed by atoms with Crippen molar-refractivity contribution in [3.8, 4) is 6.07 Å². The maximum atomic E-state index is 12.3. The molecule has 1 aromatic carbocycles. The van der Waals surface area contributed by atoms with Crippen LogP contribution in [0.2, 0.25) is 0 Å². The van der Waals surface area contributed by atoms with Gasteiger partial charge in [0.2, 0.25) is 0 Å². The Morgan fingerprint density at radius 2 is 1.89 bits per heavy atom. The van der Waals surface area contributed by atoms with Crippen LogP contribution in [0.25, 0.3) is 6.08 Å². The third kappa shape index (κ3) is 3.35. The molecule has 3 nitrogen and oxygen atoms in total. The second kappa shape index (κ2) is 5.36. The van der Waals surface area contributed by atoms with E-state index in [1.807, 2.05) is 0 Å². The zero-order valence-corrected chi connectivity index (χ0v) is 9.28. The average Bonchev–Trinajstić information content (AvgIpc) is 2.34. The molecule has 0 saturated heterocycles. The second-order valence-corrected chi connectivity index (χ2v) is 3.28. The number of methoxy groups -OCH3 is 1. The van der Waals surface area contributed by atoms with Gasteiger partial charge in [-0.2, -0.15) is 18.4 Å². The molecule has 0 heterocycles. The van der Waals surface area contributed by atoms with Crippen molar-refractivity contribution >= 4 is 12.0 Å². The number of nitrogens with zero attached hydrogens (tertiary/aromatic N) is 1. The molecule has 18 heavy (non-hydrogen) atoms. The molecule has 0 N–H and O–H groups in total. The first kappa shape index (κ1) is 13.8. The van der Waals surface area contributed by atoms with Gasteiger partial charge in [0, 0.05) is 0 Å². The Morgan fingerprint density at radius 3 is 2.28 bits per heavy atom. The molecular formula is C12H8F3NO2. The van der Waals surface area contributed by atoms with Gasteiger partial charge in [-0.1, -0.05) is 12.1 Å². The van der Waals surface area contributed by atoms with Crippen molar-refractivity contribution in [2.45, 2.75) is 6.18 Å². The molecule has 0 spiro atoms. The third-order valence-corrected chi connectivity index (χ3v) is 2.07. The fraction of sp³-hybridized carbons (Fsp3) is 0.167. The number of carbonyl (C=O) groups excluding carboxylic acids is 1. The van der Waals surface area contributed by atoms with E-state index in [1.54, 1.807) is 6.07 Å². The summed E-state index contributed by atoms with van der Waals surface area (Å²) in [7, 11) is 1.11. The van der Waals surface area contributed by atoms with Crippen molar-refractivity contribution in [2.24, 2.45) is 0 Å². The number of esters is 1. The van der Waals surface area contributed by atoms with E-state index >= 15 is 0 Å². The summed E-state index contributed by atoms with van der Waals surface area (Å²) in [5, 5.41) is 8.67. The van der Waals surface area contributed by atoms with Gasteiger partial charge in [0.1, 0.15) is 11.6 Å². The smallest absolute Gasteiger partial charge is 0.416 e. The van der Waals surface area contributed by atoms with E-state index in [4.69, 9.17) is 5.26 Å². The number of halogens is 3. The van der Waals surface area contributed by atoms with E-state index in [0.29, 0.717) is 5.56 Å². The van der Waals surface area contributed by atoms with Gasteiger partial charge in [0.15, 0.2) is 0 Å². The van der Waals surface area contributed by atoms with Crippen LogP contribution < -0.4 is 0 Å². The van der Waals surface area contributed by atoms with Gasteiger partial charge in [-0.15, -0.1) is 0 Å². The van der Waals surface area contributed by atoms with Crippen LogP contribution >= 0.6 is 0 Å². The summed E-state index contributed by atoms with van der Waals surface area (Å²) in [6, 6.07) is 5.70. The van der Waals surface area contributed by atoms with Gasteiger partial charge < -0.3 is 4.74 Å². The molecule has 6 heteroatoms. The summed E-state index contributed by atoms with van der Waals surface area (Å²) < 4.78 is 41.2. The second-order valence-electron chi connectivity index (χ2n) is 3.28. The van der Waals surface area contributed by atoms with E-state index in [0.717, 1.165) is 25.3 Å². The van der Waals surface area contributed by atoms with Crippen molar-refractivity contribution in [1.82, 2.24) is 0 Å². The van der Waals surface area contributed by atoms with Gasteiger partial charge in [-0.05, 0) is 23.8 Å². The monoisotopic (exact) mass is 255 g/mol. The Morgan fingerprint density at radius 1 is 1.33 bits per heavy atom. The van der Waals surface area contributed by atoms with E-state index < -0.39 is 17.7 Å². The van der Waals surface area contributed by atoms with Crippen molar-refractivity contribution in [1.29, 1.82) is 5.26 Å². The zero-order chi connectivity index (χ0) is 13.8. The fourth-order valence-electron chi connectivity index (χ4n) is 1.18. The molecule has 1 rings (SSSR count). The van der Waals surface area contributed by atoms with Crippen LogP contribution in [-0.2, 0) is 15.7 Å². The standard InChI is InChI=1S/C12H8F3NO2/c1-18-11(17)9(7-16)6-8-2-4-10(5-3-8)12(13,14)15/h2-6H,1H3/b9-6-. The van der Waals surface area contributed by atoms with Gasteiger partial charge in [0.25, 0.3) is 0 Å². The zero-order valence-electron chi connectivity index (χ0n) is 9.28. The molecule has 0 saturated carbocycles. The van der Waals surface area contributed by atoms with Crippen molar-refractivity contribution < 1.29 is 22.7 Å². The average molecular weight is 255 g/mol. The predicted molar refractivity (Wildman–Crippen MR) is 57.1 cm³/mol. The van der Waals surface area contributed by atoms with Crippen molar-refractivity contribution in [3.05, 3.63) is 41.0 Å². The Balaban J connectivity index is 3.03. The first-order valence-corrected chi connectivity index (χ1v) is 4.76. The molecule has 0 bridgehead atoms. The van der Waals surface area contributed by atoms with E-state index in [-0.39, 0.29) is 5.57 Å². The molecule has 94 valence electrons. The number of hydrogen-bond acceptors (Lipinski definition) is 3. The van der Waals surface area contributed by atoms with Crippen LogP contribution in [0.5, 0.6) is 0 Å². The molecule has 0 aliphatic rings. The number of nitriles is 1. The maximum absolute atomic E-state index is 12.3. The molecule has 0 amide bonds. The van der Waals surface area contributed by atoms with Crippen LogP contribution in [0, 0.1) is 11.3 Å². The number of benzene rings is 1. The van der Waals surface area contributed by atoms with E-state index in [1.165, 1.54) is 12.1 Å². The van der Waals surface area contributed by atoms with Gasteiger partial charge in [-0.25, -0.2) is 4.79 Å². The van der Waals surface area contributed by atoms with Crippen LogP contribution in [-0.4, -0.2) is 13.1 Å². The lowest BCUT2D eigenvalue weighted by Crippen LogP contribution is -2.04. The topological polar surface area (TPSA) is 50.1 Å².